The van der Waals surface area contributed by atoms with Gasteiger partial charge < -0.3 is 15.1 Å². The van der Waals surface area contributed by atoms with Crippen LogP contribution >= 0.6 is 11.3 Å². The molecule has 0 unspecified atom stereocenters. The van der Waals surface area contributed by atoms with E-state index in [1.165, 1.54) is 48.7 Å². The summed E-state index contributed by atoms with van der Waals surface area (Å²) in [6.45, 7) is 8.71. The summed E-state index contributed by atoms with van der Waals surface area (Å²) < 4.78 is 1.83. The summed E-state index contributed by atoms with van der Waals surface area (Å²) in [6, 6.07) is 10.3. The lowest BCUT2D eigenvalue weighted by atomic mass is 10.0. The molecule has 3 aromatic rings. The summed E-state index contributed by atoms with van der Waals surface area (Å²) in [6.07, 6.45) is 4.46. The van der Waals surface area contributed by atoms with E-state index in [2.05, 4.69) is 41.4 Å². The van der Waals surface area contributed by atoms with E-state index in [1.807, 2.05) is 4.40 Å². The largest absolute Gasteiger partial charge is 0.379 e. The Morgan fingerprint density at radius 2 is 1.90 bits per heavy atom. The molecule has 0 saturated carbocycles. The first-order chi connectivity index (χ1) is 14.7. The first-order valence-corrected chi connectivity index (χ1v) is 12.0. The molecule has 1 saturated heterocycles. The molecule has 2 N–H and O–H groups in total. The average Bonchev–Trinajstić information content (AvgIpc) is 3.17. The van der Waals surface area contributed by atoms with Gasteiger partial charge >= 0.3 is 0 Å². The fraction of sp³-hybridized carbons (Fsp3) is 0.478. The number of quaternary nitrogens is 1. The topological polar surface area (TPSA) is 54.1 Å². The fourth-order valence-corrected chi connectivity index (χ4v) is 5.88. The molecule has 0 amide bonds. The number of rotatable bonds is 5. The van der Waals surface area contributed by atoms with Crippen LogP contribution in [0.25, 0.3) is 4.96 Å². The van der Waals surface area contributed by atoms with Crippen molar-refractivity contribution < 1.29 is 4.90 Å². The summed E-state index contributed by atoms with van der Waals surface area (Å²) in [5, 5.41) is 3.43. The van der Waals surface area contributed by atoms with Crippen LogP contribution in [-0.4, -0.2) is 42.1 Å². The van der Waals surface area contributed by atoms with Gasteiger partial charge in [-0.25, -0.2) is 4.98 Å². The Morgan fingerprint density at radius 3 is 2.67 bits per heavy atom. The molecule has 1 fully saturated rings. The molecule has 7 heteroatoms. The van der Waals surface area contributed by atoms with Crippen molar-refractivity contribution in [2.24, 2.45) is 0 Å². The Bertz CT molecular complexity index is 1080. The predicted octanol–water partition coefficient (Wildman–Crippen LogP) is 1.97. The van der Waals surface area contributed by atoms with Gasteiger partial charge in [0.15, 0.2) is 4.96 Å². The molecule has 158 valence electrons. The van der Waals surface area contributed by atoms with E-state index in [4.69, 9.17) is 4.98 Å². The van der Waals surface area contributed by atoms with Gasteiger partial charge in [0.1, 0.15) is 0 Å². The molecule has 1 aromatic carbocycles. The number of piperazine rings is 1. The van der Waals surface area contributed by atoms with Crippen LogP contribution in [-0.2, 0) is 19.4 Å². The summed E-state index contributed by atoms with van der Waals surface area (Å²) in [5.41, 5.74) is 4.40. The van der Waals surface area contributed by atoms with Gasteiger partial charge in [-0.05, 0) is 56.9 Å². The third-order valence-corrected chi connectivity index (χ3v) is 7.63. The highest BCUT2D eigenvalue weighted by Gasteiger charge is 2.19. The number of likely N-dealkylation sites (N-methyl/N-ethyl adjacent to an activating group) is 1. The van der Waals surface area contributed by atoms with Crippen molar-refractivity contribution in [2.75, 3.05) is 42.9 Å². The number of hydrogen-bond donors (Lipinski definition) is 2. The molecular weight excluding hydrogens is 394 g/mol. The summed E-state index contributed by atoms with van der Waals surface area (Å²) >= 11 is 1.69. The van der Waals surface area contributed by atoms with Gasteiger partial charge in [-0.2, -0.15) is 0 Å². The molecular formula is C23H30N5OS+. The van der Waals surface area contributed by atoms with Crippen LogP contribution in [0.4, 0.5) is 11.4 Å². The predicted molar refractivity (Wildman–Crippen MR) is 123 cm³/mol. The van der Waals surface area contributed by atoms with Crippen molar-refractivity contribution >= 4 is 27.7 Å². The zero-order valence-electron chi connectivity index (χ0n) is 17.6. The van der Waals surface area contributed by atoms with E-state index in [0.29, 0.717) is 6.54 Å². The number of nitrogens with zero attached hydrogens (tertiary/aromatic N) is 3. The molecule has 5 rings (SSSR count). The number of benzene rings is 1. The van der Waals surface area contributed by atoms with E-state index < -0.39 is 0 Å². The van der Waals surface area contributed by atoms with Crippen LogP contribution < -0.4 is 20.7 Å². The van der Waals surface area contributed by atoms with E-state index in [9.17, 15) is 4.79 Å². The molecule has 6 nitrogen and oxygen atoms in total. The average molecular weight is 425 g/mol. The van der Waals surface area contributed by atoms with Crippen LogP contribution in [0, 0.1) is 0 Å². The lowest BCUT2D eigenvalue weighted by Crippen LogP contribution is -3.14. The van der Waals surface area contributed by atoms with Crippen LogP contribution in [0.15, 0.2) is 35.1 Å². The highest BCUT2D eigenvalue weighted by atomic mass is 32.1. The second-order valence-electron chi connectivity index (χ2n) is 8.37. The minimum absolute atomic E-state index is 0.0555. The number of aromatic nitrogens is 2. The number of hydrogen-bond acceptors (Lipinski definition) is 5. The van der Waals surface area contributed by atoms with Crippen LogP contribution in [0.1, 0.15) is 36.0 Å². The zero-order chi connectivity index (χ0) is 20.5. The Hall–Kier alpha value is -2.38. The van der Waals surface area contributed by atoms with Crippen LogP contribution in [0.2, 0.25) is 0 Å². The normalized spacial score (nSPS) is 17.3. The maximum atomic E-state index is 12.7. The SMILES string of the molecule is CC[NH+]1CCN(c2ccc(NCc3cc(=O)n4c5c(sc4n3)CCCC5)cc2)CC1. The van der Waals surface area contributed by atoms with Crippen molar-refractivity contribution in [2.45, 2.75) is 39.2 Å². The quantitative estimate of drug-likeness (QED) is 0.658. The molecule has 1 aliphatic heterocycles. The van der Waals surface area contributed by atoms with Gasteiger partial charge in [0.2, 0.25) is 0 Å². The molecule has 30 heavy (non-hydrogen) atoms. The van der Waals surface area contributed by atoms with Crippen LogP contribution in [0.3, 0.4) is 0 Å². The molecule has 0 radical (unpaired) electrons. The highest BCUT2D eigenvalue weighted by Crippen LogP contribution is 2.28. The number of aryl methyl sites for hydroxylation is 2. The van der Waals surface area contributed by atoms with Gasteiger partial charge in [-0.3, -0.25) is 9.20 Å². The minimum Gasteiger partial charge on any atom is -0.379 e. The molecule has 1 aliphatic carbocycles. The molecule has 3 heterocycles. The number of fused-ring (bicyclic) bond motifs is 3. The Kier molecular flexibility index (Phi) is 5.48. The number of thiazole rings is 1. The van der Waals surface area contributed by atoms with Gasteiger partial charge in [0.05, 0.1) is 45.0 Å². The molecule has 0 atom stereocenters. The Labute approximate surface area is 181 Å². The highest BCUT2D eigenvalue weighted by molar-refractivity contribution is 7.17. The van der Waals surface area contributed by atoms with E-state index >= 15 is 0 Å². The lowest BCUT2D eigenvalue weighted by molar-refractivity contribution is -0.898. The summed E-state index contributed by atoms with van der Waals surface area (Å²) in [4.78, 5) is 23.8. The Balaban J connectivity index is 1.26. The fourth-order valence-electron chi connectivity index (χ4n) is 4.65. The first kappa shape index (κ1) is 19.6. The van der Waals surface area contributed by atoms with Crippen molar-refractivity contribution in [1.29, 1.82) is 0 Å². The maximum Gasteiger partial charge on any atom is 0.259 e. The van der Waals surface area contributed by atoms with Crippen molar-refractivity contribution in [3.63, 3.8) is 0 Å². The van der Waals surface area contributed by atoms with Gasteiger partial charge in [0.25, 0.3) is 5.56 Å². The van der Waals surface area contributed by atoms with Crippen molar-refractivity contribution in [3.8, 4) is 0 Å². The standard InChI is InChI=1S/C23H29N5OS/c1-2-26-11-13-27(14-12-26)19-9-7-17(8-10-19)24-16-18-15-22(29)28-20-5-3-4-6-21(20)30-23(28)25-18/h7-10,15,24H,2-6,11-14,16H2,1H3/p+1. The Morgan fingerprint density at radius 1 is 1.13 bits per heavy atom. The number of anilines is 2. The third kappa shape index (κ3) is 3.84. The molecule has 0 bridgehead atoms. The maximum absolute atomic E-state index is 12.7. The third-order valence-electron chi connectivity index (χ3n) is 6.49. The summed E-state index contributed by atoms with van der Waals surface area (Å²) in [7, 11) is 0. The molecule has 2 aliphatic rings. The van der Waals surface area contributed by atoms with E-state index in [1.54, 1.807) is 22.3 Å². The first-order valence-electron chi connectivity index (χ1n) is 11.2. The van der Waals surface area contributed by atoms with Crippen molar-refractivity contribution in [1.82, 2.24) is 9.38 Å². The van der Waals surface area contributed by atoms with Gasteiger partial charge in [0, 0.05) is 28.0 Å². The zero-order valence-corrected chi connectivity index (χ0v) is 18.4. The lowest BCUT2D eigenvalue weighted by Gasteiger charge is -2.33. The van der Waals surface area contributed by atoms with Gasteiger partial charge in [-0.1, -0.05) is 0 Å². The molecule has 2 aromatic heterocycles. The molecule has 0 spiro atoms. The number of nitrogens with one attached hydrogen (secondary N) is 2. The smallest absolute Gasteiger partial charge is 0.259 e. The summed E-state index contributed by atoms with van der Waals surface area (Å²) in [5.74, 6) is 0. The van der Waals surface area contributed by atoms with Crippen LogP contribution in [0.5, 0.6) is 0 Å². The van der Waals surface area contributed by atoms with Gasteiger partial charge in [-0.15, -0.1) is 11.3 Å². The monoisotopic (exact) mass is 424 g/mol. The van der Waals surface area contributed by atoms with E-state index in [0.717, 1.165) is 42.3 Å². The second-order valence-corrected chi connectivity index (χ2v) is 9.44. The second kappa shape index (κ2) is 8.40. The van der Waals surface area contributed by atoms with E-state index in [-0.39, 0.29) is 5.56 Å². The minimum atomic E-state index is 0.0555. The van der Waals surface area contributed by atoms with Crippen molar-refractivity contribution in [3.05, 3.63) is 57.0 Å².